The smallest absolute Gasteiger partial charge is 0.227 e. The van der Waals surface area contributed by atoms with Crippen LogP contribution in [0, 0.1) is 5.92 Å². The van der Waals surface area contributed by atoms with Gasteiger partial charge in [-0.1, -0.05) is 24.3 Å². The van der Waals surface area contributed by atoms with Crippen LogP contribution in [0.2, 0.25) is 0 Å². The summed E-state index contributed by atoms with van der Waals surface area (Å²) >= 11 is 0. The number of hydrogen-bond donors (Lipinski definition) is 1. The number of rotatable bonds is 8. The number of ether oxygens (including phenoxy) is 4. The molecule has 2 atom stereocenters. The largest absolute Gasteiger partial charge is 0.493 e. The minimum absolute atomic E-state index is 0.0126. The zero-order valence-corrected chi connectivity index (χ0v) is 16.6. The second-order valence-electron chi connectivity index (χ2n) is 6.80. The molecule has 0 fully saturated rings. The van der Waals surface area contributed by atoms with Gasteiger partial charge < -0.3 is 24.3 Å². The predicted octanol–water partition coefficient (Wildman–Crippen LogP) is 3.15. The van der Waals surface area contributed by atoms with E-state index in [2.05, 4.69) is 5.32 Å². The fourth-order valence-electron chi connectivity index (χ4n) is 3.22. The highest BCUT2D eigenvalue weighted by molar-refractivity contribution is 5.80. The Balaban J connectivity index is 1.62. The second-order valence-corrected chi connectivity index (χ2v) is 6.80. The highest BCUT2D eigenvalue weighted by Gasteiger charge is 2.27. The molecular formula is C22H27NO5. The van der Waals surface area contributed by atoms with Crippen molar-refractivity contribution in [2.45, 2.75) is 19.4 Å². The molecule has 2 aromatic carbocycles. The molecule has 28 heavy (non-hydrogen) atoms. The normalized spacial score (nSPS) is 16.5. The Morgan fingerprint density at radius 1 is 1.18 bits per heavy atom. The number of carbonyl (C=O) groups excluding carboxylic acids is 1. The van der Waals surface area contributed by atoms with Crippen molar-refractivity contribution in [1.29, 1.82) is 0 Å². The summed E-state index contributed by atoms with van der Waals surface area (Å²) in [6, 6.07) is 13.4. The zero-order chi connectivity index (χ0) is 19.9. The summed E-state index contributed by atoms with van der Waals surface area (Å²) in [4.78, 5) is 12.7. The van der Waals surface area contributed by atoms with Crippen molar-refractivity contribution in [2.24, 2.45) is 5.92 Å². The summed E-state index contributed by atoms with van der Waals surface area (Å²) in [7, 11) is 3.23. The molecule has 6 heteroatoms. The van der Waals surface area contributed by atoms with E-state index >= 15 is 0 Å². The lowest BCUT2D eigenvalue weighted by Gasteiger charge is -2.26. The Labute approximate surface area is 165 Å². The summed E-state index contributed by atoms with van der Waals surface area (Å²) in [6.45, 7) is 3.30. The highest BCUT2D eigenvalue weighted by Crippen LogP contribution is 2.31. The minimum atomic E-state index is -0.198. The van der Waals surface area contributed by atoms with Gasteiger partial charge in [-0.15, -0.1) is 0 Å². The number of amides is 1. The van der Waals surface area contributed by atoms with E-state index in [1.54, 1.807) is 14.2 Å². The van der Waals surface area contributed by atoms with E-state index in [1.807, 2.05) is 49.4 Å². The van der Waals surface area contributed by atoms with E-state index in [4.69, 9.17) is 18.9 Å². The van der Waals surface area contributed by atoms with E-state index in [-0.39, 0.29) is 17.9 Å². The van der Waals surface area contributed by atoms with Crippen LogP contribution in [0.5, 0.6) is 17.2 Å². The quantitative estimate of drug-likeness (QED) is 0.707. The molecule has 0 saturated carbocycles. The molecule has 0 aromatic heterocycles. The van der Waals surface area contributed by atoms with Crippen LogP contribution in [0.15, 0.2) is 42.5 Å². The lowest BCUT2D eigenvalue weighted by molar-refractivity contribution is -0.126. The topological polar surface area (TPSA) is 66.0 Å². The average molecular weight is 385 g/mol. The van der Waals surface area contributed by atoms with Crippen LogP contribution in [-0.2, 0) is 16.0 Å². The Hall–Kier alpha value is -2.73. The van der Waals surface area contributed by atoms with Gasteiger partial charge in [0.25, 0.3) is 0 Å². The van der Waals surface area contributed by atoms with Crippen LogP contribution < -0.4 is 19.5 Å². The van der Waals surface area contributed by atoms with Crippen molar-refractivity contribution >= 4 is 5.91 Å². The van der Waals surface area contributed by atoms with E-state index in [0.29, 0.717) is 37.7 Å². The molecule has 1 N–H and O–H groups in total. The molecule has 1 aliphatic heterocycles. The number of fused-ring (bicyclic) bond motifs is 1. The molecule has 2 aromatic rings. The average Bonchev–Trinajstić information content (AvgIpc) is 2.73. The van der Waals surface area contributed by atoms with Crippen LogP contribution in [0.1, 0.15) is 24.1 Å². The van der Waals surface area contributed by atoms with Gasteiger partial charge in [-0.25, -0.2) is 0 Å². The lowest BCUT2D eigenvalue weighted by Crippen LogP contribution is -2.38. The maximum Gasteiger partial charge on any atom is 0.227 e. The molecule has 0 radical (unpaired) electrons. The standard InChI is InChI=1S/C22H27NO5/c1-15(16-8-9-20(21(13-16)26-3)27-11-10-25-2)23-22(24)18-12-17-6-4-5-7-19(17)28-14-18/h4-9,13,15,18H,10-12,14H2,1-3H3,(H,23,24)/t15-,18-/m1/s1. The molecule has 1 amide bonds. The van der Waals surface area contributed by atoms with Crippen molar-refractivity contribution in [1.82, 2.24) is 5.32 Å². The van der Waals surface area contributed by atoms with Crippen molar-refractivity contribution in [3.05, 3.63) is 53.6 Å². The Morgan fingerprint density at radius 3 is 2.79 bits per heavy atom. The summed E-state index contributed by atoms with van der Waals surface area (Å²) in [5.41, 5.74) is 2.02. The maximum absolute atomic E-state index is 12.7. The third-order valence-corrected chi connectivity index (χ3v) is 4.84. The number of methoxy groups -OCH3 is 2. The Bertz CT molecular complexity index is 807. The van der Waals surface area contributed by atoms with Crippen LogP contribution in [0.25, 0.3) is 0 Å². The van der Waals surface area contributed by atoms with E-state index < -0.39 is 0 Å². The van der Waals surface area contributed by atoms with Gasteiger partial charge in [0.15, 0.2) is 11.5 Å². The number of benzene rings is 2. The zero-order valence-electron chi connectivity index (χ0n) is 16.6. The maximum atomic E-state index is 12.7. The molecule has 0 unspecified atom stereocenters. The summed E-state index contributed by atoms with van der Waals surface area (Å²) in [6.07, 6.45) is 0.685. The summed E-state index contributed by atoms with van der Waals surface area (Å²) in [5, 5.41) is 3.08. The van der Waals surface area contributed by atoms with Crippen molar-refractivity contribution < 1.29 is 23.7 Å². The molecule has 0 saturated heterocycles. The number of carbonyl (C=O) groups is 1. The van der Waals surface area contributed by atoms with Gasteiger partial charge in [0, 0.05) is 7.11 Å². The molecule has 0 spiro atoms. The van der Waals surface area contributed by atoms with Crippen LogP contribution >= 0.6 is 0 Å². The SMILES string of the molecule is COCCOc1ccc([C@@H](C)NC(=O)[C@H]2COc3ccccc3C2)cc1OC. The second kappa shape index (κ2) is 9.46. The number of para-hydroxylation sites is 1. The molecule has 3 rings (SSSR count). The number of hydrogen-bond acceptors (Lipinski definition) is 5. The Morgan fingerprint density at radius 2 is 2.00 bits per heavy atom. The molecule has 1 aliphatic rings. The molecule has 1 heterocycles. The van der Waals surface area contributed by atoms with Gasteiger partial charge in [-0.3, -0.25) is 4.79 Å². The molecule has 6 nitrogen and oxygen atoms in total. The van der Waals surface area contributed by atoms with Crippen molar-refractivity contribution in [3.63, 3.8) is 0 Å². The number of nitrogens with one attached hydrogen (secondary N) is 1. The van der Waals surface area contributed by atoms with Gasteiger partial charge in [0.2, 0.25) is 5.91 Å². The molecule has 150 valence electrons. The van der Waals surface area contributed by atoms with Gasteiger partial charge >= 0.3 is 0 Å². The molecular weight excluding hydrogens is 358 g/mol. The highest BCUT2D eigenvalue weighted by atomic mass is 16.5. The van der Waals surface area contributed by atoms with E-state index in [1.165, 1.54) is 0 Å². The summed E-state index contributed by atoms with van der Waals surface area (Å²) < 4.78 is 21.8. The van der Waals surface area contributed by atoms with Gasteiger partial charge in [-0.05, 0) is 42.7 Å². The van der Waals surface area contributed by atoms with Crippen molar-refractivity contribution in [2.75, 3.05) is 34.0 Å². The molecule has 0 bridgehead atoms. The minimum Gasteiger partial charge on any atom is -0.493 e. The summed E-state index contributed by atoms with van der Waals surface area (Å²) in [5.74, 6) is 1.94. The van der Waals surface area contributed by atoms with E-state index in [0.717, 1.165) is 16.9 Å². The lowest BCUT2D eigenvalue weighted by atomic mass is 9.95. The van der Waals surface area contributed by atoms with Gasteiger partial charge in [-0.2, -0.15) is 0 Å². The fraction of sp³-hybridized carbons (Fsp3) is 0.409. The monoisotopic (exact) mass is 385 g/mol. The third-order valence-electron chi connectivity index (χ3n) is 4.84. The predicted molar refractivity (Wildman–Crippen MR) is 106 cm³/mol. The van der Waals surface area contributed by atoms with Crippen molar-refractivity contribution in [3.8, 4) is 17.2 Å². The fourth-order valence-corrected chi connectivity index (χ4v) is 3.22. The first-order valence-electron chi connectivity index (χ1n) is 9.43. The van der Waals surface area contributed by atoms with E-state index in [9.17, 15) is 4.79 Å². The van der Waals surface area contributed by atoms with Crippen LogP contribution in [0.3, 0.4) is 0 Å². The molecule has 0 aliphatic carbocycles. The first-order chi connectivity index (χ1) is 13.6. The van der Waals surface area contributed by atoms with Crippen LogP contribution in [0.4, 0.5) is 0 Å². The third kappa shape index (κ3) is 4.75. The van der Waals surface area contributed by atoms with Gasteiger partial charge in [0.05, 0.1) is 25.7 Å². The van der Waals surface area contributed by atoms with Gasteiger partial charge in [0.1, 0.15) is 19.0 Å². The Kier molecular flexibility index (Phi) is 6.76. The first-order valence-corrected chi connectivity index (χ1v) is 9.43. The first kappa shape index (κ1) is 20.0. The van der Waals surface area contributed by atoms with Crippen LogP contribution in [-0.4, -0.2) is 39.9 Å².